The summed E-state index contributed by atoms with van der Waals surface area (Å²) in [7, 11) is 0. The molecule has 176 valence electrons. The maximum atomic E-state index is 12.9. The van der Waals surface area contributed by atoms with Gasteiger partial charge in [0.15, 0.2) is 16.7 Å². The molecular formula is C23H25N7O3S. The van der Waals surface area contributed by atoms with Crippen molar-refractivity contribution in [2.75, 3.05) is 23.8 Å². The minimum absolute atomic E-state index is 0.0335. The normalized spacial score (nSPS) is 14.4. The highest BCUT2D eigenvalue weighted by molar-refractivity contribution is 7.17. The van der Waals surface area contributed by atoms with Crippen LogP contribution < -0.4 is 10.6 Å². The second-order valence-corrected chi connectivity index (χ2v) is 9.44. The molecule has 4 heterocycles. The van der Waals surface area contributed by atoms with E-state index in [4.69, 9.17) is 4.74 Å². The second kappa shape index (κ2) is 9.35. The molecule has 34 heavy (non-hydrogen) atoms. The zero-order chi connectivity index (χ0) is 23.7. The monoisotopic (exact) mass is 479 g/mol. The smallest absolute Gasteiger partial charge is 0.267 e. The number of nitrogens with zero attached hydrogens (tertiary/aromatic N) is 4. The first-order valence-electron chi connectivity index (χ1n) is 11.1. The van der Waals surface area contributed by atoms with E-state index in [1.165, 1.54) is 17.5 Å². The van der Waals surface area contributed by atoms with Crippen LogP contribution in [0.5, 0.6) is 0 Å². The number of H-pyrrole nitrogens is 1. The standard InChI is InChI=1S/C23H25N7O3S/c1-13-3-4-17-16(9-25-28-17)20(13)26-22(32)19-10-24-23(34-19)27-21-14(2)11-30(29-21)12-18(31)15-5-7-33-8-6-15/h3-4,9-11,15H,5-8,12H2,1-2H3,(H,25,28)(H,26,32)(H,24,27,29). The van der Waals surface area contributed by atoms with Crippen molar-refractivity contribution in [2.24, 2.45) is 5.92 Å². The summed E-state index contributed by atoms with van der Waals surface area (Å²) >= 11 is 1.24. The number of amides is 1. The molecule has 0 aliphatic carbocycles. The topological polar surface area (TPSA) is 127 Å². The van der Waals surface area contributed by atoms with Crippen molar-refractivity contribution >= 4 is 50.6 Å². The van der Waals surface area contributed by atoms with Crippen LogP contribution in [0, 0.1) is 19.8 Å². The summed E-state index contributed by atoms with van der Waals surface area (Å²) < 4.78 is 7.00. The number of rotatable bonds is 7. The molecule has 3 aromatic heterocycles. The Morgan fingerprint density at radius 1 is 1.21 bits per heavy atom. The molecule has 1 saturated heterocycles. The number of aryl methyl sites for hydroxylation is 2. The number of aromatic nitrogens is 5. The first kappa shape index (κ1) is 22.2. The second-order valence-electron chi connectivity index (χ2n) is 8.41. The number of ether oxygens (including phenoxy) is 1. The maximum absolute atomic E-state index is 12.9. The number of fused-ring (bicyclic) bond motifs is 1. The predicted molar refractivity (Wildman–Crippen MR) is 130 cm³/mol. The number of hydrogen-bond acceptors (Lipinski definition) is 8. The highest BCUT2D eigenvalue weighted by Crippen LogP contribution is 2.28. The molecule has 1 fully saturated rings. The van der Waals surface area contributed by atoms with Gasteiger partial charge in [-0.15, -0.1) is 0 Å². The van der Waals surface area contributed by atoms with Crippen LogP contribution in [0.3, 0.4) is 0 Å². The van der Waals surface area contributed by atoms with E-state index in [-0.39, 0.29) is 24.2 Å². The van der Waals surface area contributed by atoms with Crippen molar-refractivity contribution in [3.8, 4) is 0 Å². The molecule has 1 aliphatic heterocycles. The quantitative estimate of drug-likeness (QED) is 0.368. The van der Waals surface area contributed by atoms with Gasteiger partial charge >= 0.3 is 0 Å². The van der Waals surface area contributed by atoms with Gasteiger partial charge in [-0.1, -0.05) is 17.4 Å². The molecule has 3 N–H and O–H groups in total. The third-order valence-corrected chi connectivity index (χ3v) is 6.88. The molecule has 0 bridgehead atoms. The van der Waals surface area contributed by atoms with Crippen molar-refractivity contribution in [2.45, 2.75) is 33.2 Å². The number of hydrogen-bond donors (Lipinski definition) is 3. The van der Waals surface area contributed by atoms with Crippen LogP contribution >= 0.6 is 11.3 Å². The van der Waals surface area contributed by atoms with Gasteiger partial charge < -0.3 is 15.4 Å². The first-order chi connectivity index (χ1) is 16.5. The number of carbonyl (C=O) groups is 2. The van der Waals surface area contributed by atoms with E-state index in [9.17, 15) is 9.59 Å². The Hall–Kier alpha value is -3.57. The molecule has 11 heteroatoms. The molecule has 0 atom stereocenters. The minimum atomic E-state index is -0.244. The Balaban J connectivity index is 1.25. The Labute approximate surface area is 199 Å². The largest absolute Gasteiger partial charge is 0.381 e. The minimum Gasteiger partial charge on any atom is -0.381 e. The lowest BCUT2D eigenvalue weighted by Gasteiger charge is -2.20. The zero-order valence-electron chi connectivity index (χ0n) is 18.9. The van der Waals surface area contributed by atoms with Crippen molar-refractivity contribution in [3.05, 3.63) is 46.7 Å². The number of thiazole rings is 1. The summed E-state index contributed by atoms with van der Waals surface area (Å²) in [5.41, 5.74) is 3.42. The van der Waals surface area contributed by atoms with Gasteiger partial charge in [0.2, 0.25) is 0 Å². The third kappa shape index (κ3) is 4.57. The molecule has 0 spiro atoms. The molecular weight excluding hydrogens is 454 g/mol. The van der Waals surface area contributed by atoms with Crippen molar-refractivity contribution < 1.29 is 14.3 Å². The van der Waals surface area contributed by atoms with Crippen molar-refractivity contribution in [1.29, 1.82) is 0 Å². The summed E-state index contributed by atoms with van der Waals surface area (Å²) in [5.74, 6) is 0.575. The Kier molecular flexibility index (Phi) is 6.12. The third-order valence-electron chi connectivity index (χ3n) is 5.96. The van der Waals surface area contributed by atoms with Crippen LogP contribution in [0.15, 0.2) is 30.7 Å². The maximum Gasteiger partial charge on any atom is 0.267 e. The SMILES string of the molecule is Cc1cn(CC(=O)C2CCOCC2)nc1Nc1ncc(C(=O)Nc2c(C)ccc3[nH]ncc23)s1. The van der Waals surface area contributed by atoms with Crippen LogP contribution in [-0.4, -0.2) is 49.9 Å². The molecule has 1 aliphatic rings. The number of aromatic amines is 1. The fourth-order valence-electron chi connectivity index (χ4n) is 4.04. The summed E-state index contributed by atoms with van der Waals surface area (Å²) in [6.07, 6.45) is 6.61. The van der Waals surface area contributed by atoms with Crippen LogP contribution in [0.4, 0.5) is 16.6 Å². The molecule has 5 rings (SSSR count). The average molecular weight is 480 g/mol. The fraction of sp³-hybridized carbons (Fsp3) is 0.348. The van der Waals surface area contributed by atoms with E-state index in [0.717, 1.165) is 40.6 Å². The summed E-state index contributed by atoms with van der Waals surface area (Å²) in [5, 5.41) is 19.0. The van der Waals surface area contributed by atoms with Gasteiger partial charge in [-0.3, -0.25) is 19.4 Å². The lowest BCUT2D eigenvalue weighted by atomic mass is 9.95. The van der Waals surface area contributed by atoms with E-state index in [1.807, 2.05) is 32.2 Å². The molecule has 1 amide bonds. The highest BCUT2D eigenvalue weighted by Gasteiger charge is 2.22. The summed E-state index contributed by atoms with van der Waals surface area (Å²) in [6.45, 7) is 5.36. The number of carbonyl (C=O) groups excluding carboxylic acids is 2. The Bertz CT molecular complexity index is 1350. The van der Waals surface area contributed by atoms with E-state index < -0.39 is 0 Å². The Morgan fingerprint density at radius 3 is 2.85 bits per heavy atom. The Morgan fingerprint density at radius 2 is 2.03 bits per heavy atom. The van der Waals surface area contributed by atoms with Gasteiger partial charge in [0.1, 0.15) is 4.88 Å². The van der Waals surface area contributed by atoms with Gasteiger partial charge in [-0.05, 0) is 38.3 Å². The van der Waals surface area contributed by atoms with Crippen LogP contribution in [0.25, 0.3) is 10.9 Å². The van der Waals surface area contributed by atoms with E-state index in [2.05, 4.69) is 30.9 Å². The number of anilines is 3. The lowest BCUT2D eigenvalue weighted by molar-refractivity contribution is -0.126. The number of ketones is 1. The van der Waals surface area contributed by atoms with Gasteiger partial charge in [-0.2, -0.15) is 10.2 Å². The van der Waals surface area contributed by atoms with E-state index in [1.54, 1.807) is 10.9 Å². The zero-order valence-corrected chi connectivity index (χ0v) is 19.7. The number of Topliss-reactive ketones (excluding diaryl/α,β-unsaturated/α-hetero) is 1. The van der Waals surface area contributed by atoms with Crippen molar-refractivity contribution in [1.82, 2.24) is 25.0 Å². The summed E-state index contributed by atoms with van der Waals surface area (Å²) in [4.78, 5) is 30.2. The first-order valence-corrected chi connectivity index (χ1v) is 11.9. The molecule has 10 nitrogen and oxygen atoms in total. The van der Waals surface area contributed by atoms with Gasteiger partial charge in [0, 0.05) is 36.3 Å². The average Bonchev–Trinajstić information content (AvgIpc) is 3.57. The fourth-order valence-corrected chi connectivity index (χ4v) is 4.75. The highest BCUT2D eigenvalue weighted by atomic mass is 32.1. The molecule has 1 aromatic carbocycles. The molecule has 0 radical (unpaired) electrons. The van der Waals surface area contributed by atoms with Crippen molar-refractivity contribution in [3.63, 3.8) is 0 Å². The van der Waals surface area contributed by atoms with Crippen LogP contribution in [0.1, 0.15) is 33.6 Å². The van der Waals surface area contributed by atoms with Gasteiger partial charge in [0.05, 0.1) is 30.1 Å². The van der Waals surface area contributed by atoms with Crippen LogP contribution in [0.2, 0.25) is 0 Å². The van der Waals surface area contributed by atoms with E-state index in [0.29, 0.717) is 29.0 Å². The number of benzene rings is 1. The molecule has 0 unspecified atom stereocenters. The number of nitrogens with one attached hydrogen (secondary N) is 3. The molecule has 0 saturated carbocycles. The summed E-state index contributed by atoms with van der Waals surface area (Å²) in [6, 6.07) is 3.86. The lowest BCUT2D eigenvalue weighted by Crippen LogP contribution is -2.26. The predicted octanol–water partition coefficient (Wildman–Crippen LogP) is 3.82. The van der Waals surface area contributed by atoms with Gasteiger partial charge in [0.25, 0.3) is 5.91 Å². The van der Waals surface area contributed by atoms with Crippen LogP contribution in [-0.2, 0) is 16.1 Å². The molecule has 4 aromatic rings. The van der Waals surface area contributed by atoms with Gasteiger partial charge in [-0.25, -0.2) is 4.98 Å². The van der Waals surface area contributed by atoms with E-state index >= 15 is 0 Å².